The third-order valence-corrected chi connectivity index (χ3v) is 3.64. The monoisotopic (exact) mass is 246 g/mol. The molecule has 2 fully saturated rings. The summed E-state index contributed by atoms with van der Waals surface area (Å²) in [5, 5.41) is 3.31. The molecule has 1 atom stereocenters. The van der Waals surface area contributed by atoms with E-state index in [4.69, 9.17) is 0 Å². The van der Waals surface area contributed by atoms with Gasteiger partial charge in [0.25, 0.3) is 0 Å². The fourth-order valence-corrected chi connectivity index (χ4v) is 2.75. The Morgan fingerprint density at radius 2 is 2.12 bits per heavy atom. The van der Waals surface area contributed by atoms with Crippen LogP contribution in [0.4, 0.5) is 8.78 Å². The maximum Gasteiger partial charge on any atom is 0.248 e. The predicted octanol–water partition coefficient (Wildman–Crippen LogP) is 1.63. The lowest BCUT2D eigenvalue weighted by molar-refractivity contribution is -0.138. The Labute approximate surface area is 101 Å². The van der Waals surface area contributed by atoms with Crippen molar-refractivity contribution in [1.29, 1.82) is 0 Å². The number of amides is 1. The van der Waals surface area contributed by atoms with Gasteiger partial charge in [0.2, 0.25) is 11.8 Å². The number of piperazine rings is 1. The Bertz CT molecular complexity index is 318. The Kier molecular flexibility index (Phi) is 3.14. The van der Waals surface area contributed by atoms with Crippen LogP contribution in [-0.4, -0.2) is 41.9 Å². The number of nitrogens with zero attached hydrogens (tertiary/aromatic N) is 1. The highest BCUT2D eigenvalue weighted by molar-refractivity contribution is 5.79. The number of carbonyl (C=O) groups is 1. The molecule has 1 aliphatic heterocycles. The summed E-state index contributed by atoms with van der Waals surface area (Å²) >= 11 is 0. The second-order valence-corrected chi connectivity index (χ2v) is 5.87. The van der Waals surface area contributed by atoms with Crippen molar-refractivity contribution in [3.8, 4) is 0 Å². The Balaban J connectivity index is 1.96. The van der Waals surface area contributed by atoms with Crippen LogP contribution in [0, 0.1) is 5.92 Å². The number of hydrogen-bond donors (Lipinski definition) is 1. The summed E-state index contributed by atoms with van der Waals surface area (Å²) in [5.74, 6) is -3.19. The van der Waals surface area contributed by atoms with E-state index in [2.05, 4.69) is 5.32 Å². The summed E-state index contributed by atoms with van der Waals surface area (Å²) in [5.41, 5.74) is -0.116. The van der Waals surface area contributed by atoms with Crippen molar-refractivity contribution in [3.63, 3.8) is 0 Å². The normalized spacial score (nSPS) is 31.5. The van der Waals surface area contributed by atoms with E-state index in [9.17, 15) is 13.6 Å². The number of nitrogens with one attached hydrogen (secondary N) is 1. The van der Waals surface area contributed by atoms with Gasteiger partial charge in [-0.25, -0.2) is 8.78 Å². The molecule has 98 valence electrons. The maximum absolute atomic E-state index is 13.1. The molecule has 2 rings (SSSR count). The molecule has 1 aliphatic carbocycles. The molecule has 1 saturated carbocycles. The Hall–Kier alpha value is -0.710. The van der Waals surface area contributed by atoms with Crippen molar-refractivity contribution >= 4 is 5.91 Å². The summed E-state index contributed by atoms with van der Waals surface area (Å²) in [7, 11) is 0. The smallest absolute Gasteiger partial charge is 0.248 e. The maximum atomic E-state index is 13.1. The summed E-state index contributed by atoms with van der Waals surface area (Å²) in [6, 6.07) is 0. The zero-order chi connectivity index (χ0) is 12.7. The summed E-state index contributed by atoms with van der Waals surface area (Å²) < 4.78 is 26.2. The minimum atomic E-state index is -2.64. The summed E-state index contributed by atoms with van der Waals surface area (Å²) in [4.78, 5) is 13.9. The Morgan fingerprint density at radius 1 is 1.41 bits per heavy atom. The minimum Gasteiger partial charge on any atom is -0.339 e. The molecular formula is C12H20F2N2O. The first kappa shape index (κ1) is 12.7. The van der Waals surface area contributed by atoms with Gasteiger partial charge in [-0.15, -0.1) is 0 Å². The van der Waals surface area contributed by atoms with Crippen molar-refractivity contribution in [2.24, 2.45) is 5.92 Å². The van der Waals surface area contributed by atoms with E-state index in [0.29, 0.717) is 19.5 Å². The lowest BCUT2D eigenvalue weighted by Gasteiger charge is -2.40. The first-order valence-electron chi connectivity index (χ1n) is 6.21. The van der Waals surface area contributed by atoms with Gasteiger partial charge in [0.15, 0.2) is 0 Å². The van der Waals surface area contributed by atoms with E-state index < -0.39 is 11.8 Å². The molecule has 0 aromatic heterocycles. The molecule has 0 spiro atoms. The Morgan fingerprint density at radius 3 is 2.65 bits per heavy atom. The van der Waals surface area contributed by atoms with Gasteiger partial charge in [0.05, 0.1) is 0 Å². The fraction of sp³-hybridized carbons (Fsp3) is 0.917. The number of halogens is 2. The van der Waals surface area contributed by atoms with E-state index in [0.717, 1.165) is 6.54 Å². The van der Waals surface area contributed by atoms with Gasteiger partial charge >= 0.3 is 0 Å². The van der Waals surface area contributed by atoms with E-state index in [1.54, 1.807) is 4.90 Å². The first-order valence-corrected chi connectivity index (χ1v) is 6.21. The molecule has 1 saturated heterocycles. The zero-order valence-electron chi connectivity index (χ0n) is 10.4. The van der Waals surface area contributed by atoms with E-state index in [1.165, 1.54) is 0 Å². The van der Waals surface area contributed by atoms with Crippen LogP contribution in [0.3, 0.4) is 0 Å². The largest absolute Gasteiger partial charge is 0.339 e. The van der Waals surface area contributed by atoms with Crippen molar-refractivity contribution in [2.75, 3.05) is 19.6 Å². The fourth-order valence-electron chi connectivity index (χ4n) is 2.75. The van der Waals surface area contributed by atoms with Gasteiger partial charge in [-0.1, -0.05) is 0 Å². The topological polar surface area (TPSA) is 32.3 Å². The molecule has 5 heteroatoms. The molecule has 1 N–H and O–H groups in total. The van der Waals surface area contributed by atoms with Crippen LogP contribution < -0.4 is 5.32 Å². The van der Waals surface area contributed by atoms with Crippen LogP contribution in [0.1, 0.15) is 33.1 Å². The molecule has 0 bridgehead atoms. The molecule has 1 heterocycles. The molecular weight excluding hydrogens is 226 g/mol. The van der Waals surface area contributed by atoms with Crippen LogP contribution in [-0.2, 0) is 4.79 Å². The third kappa shape index (κ3) is 2.94. The van der Waals surface area contributed by atoms with Crippen LogP contribution in [0.15, 0.2) is 0 Å². The van der Waals surface area contributed by atoms with Gasteiger partial charge in [0.1, 0.15) is 0 Å². The third-order valence-electron chi connectivity index (χ3n) is 3.64. The van der Waals surface area contributed by atoms with Crippen LogP contribution in [0.5, 0.6) is 0 Å². The van der Waals surface area contributed by atoms with Crippen molar-refractivity contribution in [2.45, 2.75) is 44.6 Å². The number of rotatable bonds is 1. The summed E-state index contributed by atoms with van der Waals surface area (Å²) in [6.07, 6.45) is -0.0781. The molecule has 17 heavy (non-hydrogen) atoms. The highest BCUT2D eigenvalue weighted by atomic mass is 19.3. The van der Waals surface area contributed by atoms with Crippen molar-refractivity contribution < 1.29 is 13.6 Å². The average Bonchev–Trinajstić information content (AvgIpc) is 2.56. The lowest BCUT2D eigenvalue weighted by Crippen LogP contribution is -2.59. The van der Waals surface area contributed by atoms with Gasteiger partial charge in [-0.2, -0.15) is 0 Å². The van der Waals surface area contributed by atoms with Crippen molar-refractivity contribution in [1.82, 2.24) is 10.2 Å². The van der Waals surface area contributed by atoms with Crippen LogP contribution in [0.2, 0.25) is 0 Å². The van der Waals surface area contributed by atoms with Crippen molar-refractivity contribution in [3.05, 3.63) is 0 Å². The second-order valence-electron chi connectivity index (χ2n) is 5.87. The highest BCUT2D eigenvalue weighted by Gasteiger charge is 2.44. The standard InChI is InChI=1S/C12H20F2N2O/c1-11(2)8-16(6-5-15-11)10(17)9-3-4-12(13,14)7-9/h9,15H,3-8H2,1-2H3. The second kappa shape index (κ2) is 4.19. The molecule has 0 aromatic carbocycles. The average molecular weight is 246 g/mol. The minimum absolute atomic E-state index is 0.0863. The quantitative estimate of drug-likeness (QED) is 0.762. The number of alkyl halides is 2. The first-order chi connectivity index (χ1) is 7.79. The van der Waals surface area contributed by atoms with E-state index in [-0.39, 0.29) is 24.3 Å². The molecule has 3 nitrogen and oxygen atoms in total. The zero-order valence-corrected chi connectivity index (χ0v) is 10.4. The van der Waals surface area contributed by atoms with Crippen LogP contribution >= 0.6 is 0 Å². The molecule has 1 unspecified atom stereocenters. The number of carbonyl (C=O) groups excluding carboxylic acids is 1. The number of hydrogen-bond acceptors (Lipinski definition) is 2. The highest BCUT2D eigenvalue weighted by Crippen LogP contribution is 2.39. The lowest BCUT2D eigenvalue weighted by atomic mass is 9.99. The SMILES string of the molecule is CC1(C)CN(C(=O)C2CCC(F)(F)C2)CCN1. The molecule has 1 amide bonds. The summed E-state index contributed by atoms with van der Waals surface area (Å²) in [6.45, 7) is 6.02. The predicted molar refractivity (Wildman–Crippen MR) is 60.9 cm³/mol. The van der Waals surface area contributed by atoms with Crippen LogP contribution in [0.25, 0.3) is 0 Å². The van der Waals surface area contributed by atoms with Gasteiger partial charge in [-0.05, 0) is 20.3 Å². The van der Waals surface area contributed by atoms with E-state index >= 15 is 0 Å². The van der Waals surface area contributed by atoms with Gasteiger partial charge in [-0.3, -0.25) is 4.79 Å². The van der Waals surface area contributed by atoms with Gasteiger partial charge < -0.3 is 10.2 Å². The van der Waals surface area contributed by atoms with E-state index in [1.807, 2.05) is 13.8 Å². The molecule has 0 aromatic rings. The molecule has 0 radical (unpaired) electrons. The molecule has 2 aliphatic rings. The van der Waals surface area contributed by atoms with Gasteiger partial charge in [0, 0.05) is 43.9 Å².